The third kappa shape index (κ3) is 9.97. The van der Waals surface area contributed by atoms with Crippen LogP contribution in [0.15, 0.2) is 146 Å². The molecular weight excluding hydrogens is 725 g/mol. The maximum absolute atomic E-state index is 7.13. The van der Waals surface area contributed by atoms with Crippen molar-refractivity contribution in [2.45, 2.75) is 121 Å². The lowest BCUT2D eigenvalue weighted by Crippen LogP contribution is -2.66. The van der Waals surface area contributed by atoms with Crippen LogP contribution in [0.25, 0.3) is 0 Å². The molecule has 6 atom stereocenters. The first-order chi connectivity index (χ1) is 27.7. The second kappa shape index (κ2) is 18.9. The van der Waals surface area contributed by atoms with E-state index < -0.39 is 19.9 Å². The van der Waals surface area contributed by atoms with E-state index in [-0.39, 0.29) is 29.3 Å². The van der Waals surface area contributed by atoms with Gasteiger partial charge >= 0.3 is 0 Å². The van der Waals surface area contributed by atoms with Gasteiger partial charge in [-0.15, -0.1) is 0 Å². The summed E-state index contributed by atoms with van der Waals surface area (Å²) in [7, 11) is -2.54. The van der Waals surface area contributed by atoms with Gasteiger partial charge < -0.3 is 28.1 Å². The Morgan fingerprint density at radius 1 is 0.754 bits per heavy atom. The molecule has 7 heteroatoms. The fourth-order valence-electron chi connectivity index (χ4n) is 8.94. The second-order valence-corrected chi connectivity index (χ2v) is 21.4. The minimum absolute atomic E-state index is 0.0351. The number of hydrogen-bond donors (Lipinski definition) is 0. The summed E-state index contributed by atoms with van der Waals surface area (Å²) in [6.07, 6.45) is 14.3. The highest BCUT2D eigenvalue weighted by molar-refractivity contribution is 6.99. The van der Waals surface area contributed by atoms with E-state index in [0.717, 1.165) is 50.5 Å². The van der Waals surface area contributed by atoms with E-state index in [0.29, 0.717) is 26.4 Å². The van der Waals surface area contributed by atoms with Gasteiger partial charge in [0.2, 0.25) is 0 Å². The number of rotatable bonds is 16. The fourth-order valence-corrected chi connectivity index (χ4v) is 13.5. The zero-order chi connectivity index (χ0) is 39.6. The van der Waals surface area contributed by atoms with E-state index in [9.17, 15) is 0 Å². The smallest absolute Gasteiger partial charge is 0.261 e. The van der Waals surface area contributed by atoms with Crippen molar-refractivity contribution in [2.24, 2.45) is 5.92 Å². The van der Waals surface area contributed by atoms with E-state index in [1.807, 2.05) is 24.3 Å². The Balaban J connectivity index is 0.956. The molecule has 3 aliphatic heterocycles. The van der Waals surface area contributed by atoms with Crippen LogP contribution in [0.2, 0.25) is 5.04 Å². The lowest BCUT2D eigenvalue weighted by Gasteiger charge is -2.47. The second-order valence-electron chi connectivity index (χ2n) is 17.1. The van der Waals surface area contributed by atoms with Crippen LogP contribution >= 0.6 is 0 Å². The molecule has 0 saturated carbocycles. The average Bonchev–Trinajstić information content (AvgIpc) is 3.58. The first-order valence-electron chi connectivity index (χ1n) is 21.1. The molecule has 0 unspecified atom stereocenters. The number of benzene rings is 4. The fraction of sp³-hybridized carbons (Fsp3) is 0.440. The molecule has 2 fully saturated rings. The Morgan fingerprint density at radius 2 is 1.37 bits per heavy atom. The molecule has 4 aromatic carbocycles. The molecule has 0 amide bonds. The molecule has 302 valence electrons. The maximum atomic E-state index is 7.13. The lowest BCUT2D eigenvalue weighted by molar-refractivity contribution is -0.364. The summed E-state index contributed by atoms with van der Waals surface area (Å²) in [5.74, 6) is -1.42. The van der Waals surface area contributed by atoms with Crippen LogP contribution in [0.3, 0.4) is 0 Å². The van der Waals surface area contributed by atoms with Crippen molar-refractivity contribution in [3.05, 3.63) is 157 Å². The normalized spacial score (nSPS) is 26.5. The minimum atomic E-state index is -2.54. The van der Waals surface area contributed by atoms with Crippen molar-refractivity contribution in [1.82, 2.24) is 0 Å². The Kier molecular flexibility index (Phi) is 13.8. The molecule has 2 spiro atoms. The predicted octanol–water partition coefficient (Wildman–Crippen LogP) is 10.1. The molecule has 0 aromatic heterocycles. The molecule has 0 bridgehead atoms. The molecule has 3 aliphatic rings. The minimum Gasteiger partial charge on any atom is -0.407 e. The van der Waals surface area contributed by atoms with E-state index in [4.69, 9.17) is 28.1 Å². The lowest BCUT2D eigenvalue weighted by atomic mass is 9.85. The van der Waals surface area contributed by atoms with Gasteiger partial charge in [-0.2, -0.15) is 0 Å². The van der Waals surface area contributed by atoms with E-state index >= 15 is 0 Å². The van der Waals surface area contributed by atoms with Gasteiger partial charge in [-0.05, 0) is 64.7 Å². The van der Waals surface area contributed by atoms with Crippen molar-refractivity contribution in [1.29, 1.82) is 0 Å². The number of hydrogen-bond acceptors (Lipinski definition) is 6. The van der Waals surface area contributed by atoms with E-state index in [2.05, 4.69) is 149 Å². The van der Waals surface area contributed by atoms with Crippen molar-refractivity contribution in [2.75, 3.05) is 13.2 Å². The number of allylic oxidation sites excluding steroid dienone is 1. The SMILES string of the molecule is C[C@@H]1C[C@@H](OCc2ccccc2)[C@@H](CCOCc2ccccc2)O[C@@]12CC[C@]1(C=CC[C@@H](/C=C/CCCO[Si](c3ccccc3)(c3ccccc3)C(C)(C)C)O1)O2. The summed E-state index contributed by atoms with van der Waals surface area (Å²) in [5.41, 5.74) is 2.32. The van der Waals surface area contributed by atoms with Gasteiger partial charge in [-0.3, -0.25) is 0 Å². The summed E-state index contributed by atoms with van der Waals surface area (Å²) in [5, 5.41) is 2.60. The summed E-state index contributed by atoms with van der Waals surface area (Å²) in [6.45, 7) is 11.6. The number of unbranched alkanes of at least 4 members (excludes halogenated alkanes) is 1. The van der Waals surface area contributed by atoms with E-state index in [1.165, 1.54) is 15.9 Å². The molecule has 0 N–H and O–H groups in total. The molecule has 4 aromatic rings. The average molecular weight is 787 g/mol. The third-order valence-corrected chi connectivity index (χ3v) is 17.0. The van der Waals surface area contributed by atoms with Gasteiger partial charge in [-0.1, -0.05) is 167 Å². The molecule has 0 radical (unpaired) electrons. The zero-order valence-corrected chi connectivity index (χ0v) is 35.4. The van der Waals surface area contributed by atoms with Crippen LogP contribution in [0.4, 0.5) is 0 Å². The van der Waals surface area contributed by atoms with Gasteiger partial charge in [0.25, 0.3) is 8.32 Å². The molecule has 6 nitrogen and oxygen atoms in total. The molecule has 57 heavy (non-hydrogen) atoms. The topological polar surface area (TPSA) is 55.4 Å². The zero-order valence-electron chi connectivity index (χ0n) is 34.4. The molecule has 0 aliphatic carbocycles. The highest BCUT2D eigenvalue weighted by atomic mass is 28.4. The van der Waals surface area contributed by atoms with Crippen molar-refractivity contribution >= 4 is 18.7 Å². The van der Waals surface area contributed by atoms with Crippen LogP contribution in [0.5, 0.6) is 0 Å². The maximum Gasteiger partial charge on any atom is 0.261 e. The van der Waals surface area contributed by atoms with Gasteiger partial charge in [0.15, 0.2) is 11.6 Å². The van der Waals surface area contributed by atoms with Gasteiger partial charge in [0.1, 0.15) is 0 Å². The Morgan fingerprint density at radius 3 is 2.00 bits per heavy atom. The predicted molar refractivity (Wildman–Crippen MR) is 231 cm³/mol. The Labute approximate surface area is 342 Å². The van der Waals surface area contributed by atoms with Crippen LogP contribution in [0.1, 0.15) is 83.8 Å². The molecule has 7 rings (SSSR count). The molecular formula is C50H62O6Si. The van der Waals surface area contributed by atoms with Gasteiger partial charge in [0.05, 0.1) is 31.5 Å². The highest BCUT2D eigenvalue weighted by Crippen LogP contribution is 2.51. The van der Waals surface area contributed by atoms with E-state index in [1.54, 1.807) is 0 Å². The van der Waals surface area contributed by atoms with Crippen molar-refractivity contribution < 1.29 is 28.1 Å². The number of ether oxygens (including phenoxy) is 5. The van der Waals surface area contributed by atoms with Crippen molar-refractivity contribution in [3.63, 3.8) is 0 Å². The third-order valence-electron chi connectivity index (χ3n) is 11.9. The largest absolute Gasteiger partial charge is 0.407 e. The standard InChI is InChI=1S/C50H62O6Si/c1-40-37-47(52-39-42-23-12-6-13-24-42)46(31-36-51-38-41-21-10-5-11-22-41)55-50(40)34-33-49(56-50)32-20-26-43(54-49)25-14-9-19-35-53-57(48(2,3)4,44-27-15-7-16-28-44)45-29-17-8-18-30-45/h5-8,10-18,20-25,27-30,32,40,43,46-47H,9,19,26,31,33-39H2,1-4H3/b25-14+/t40-,43-,46-,47-,49+,50-/m1/s1. The summed E-state index contributed by atoms with van der Waals surface area (Å²) < 4.78 is 40.7. The summed E-state index contributed by atoms with van der Waals surface area (Å²) in [4.78, 5) is 0. The highest BCUT2D eigenvalue weighted by Gasteiger charge is 2.58. The first-order valence-corrected chi connectivity index (χ1v) is 23.0. The van der Waals surface area contributed by atoms with Gasteiger partial charge in [0, 0.05) is 32.0 Å². The Bertz CT molecular complexity index is 1820. The molecule has 2 saturated heterocycles. The summed E-state index contributed by atoms with van der Waals surface area (Å²) in [6, 6.07) is 42.4. The van der Waals surface area contributed by atoms with Crippen LogP contribution in [0, 0.1) is 5.92 Å². The molecule has 3 heterocycles. The first kappa shape index (κ1) is 41.5. The van der Waals surface area contributed by atoms with Crippen molar-refractivity contribution in [3.8, 4) is 0 Å². The summed E-state index contributed by atoms with van der Waals surface area (Å²) >= 11 is 0. The van der Waals surface area contributed by atoms with Crippen LogP contribution in [-0.4, -0.2) is 51.4 Å². The van der Waals surface area contributed by atoms with Gasteiger partial charge in [-0.25, -0.2) is 0 Å². The van der Waals surface area contributed by atoms with Crippen LogP contribution in [-0.2, 0) is 41.3 Å². The monoisotopic (exact) mass is 786 g/mol. The quantitative estimate of drug-likeness (QED) is 0.0641. The van der Waals surface area contributed by atoms with Crippen LogP contribution < -0.4 is 10.4 Å². The Hall–Kier alpha value is -3.66.